The van der Waals surface area contributed by atoms with E-state index in [0.29, 0.717) is 24.0 Å². The molecule has 1 amide bonds. The number of aryl methyl sites for hydroxylation is 1. The molecular weight excluding hydrogens is 502 g/mol. The molecule has 12 nitrogen and oxygen atoms in total. The van der Waals surface area contributed by atoms with Crippen LogP contribution in [0, 0.1) is 11.8 Å². The van der Waals surface area contributed by atoms with E-state index in [0.717, 1.165) is 11.1 Å². The number of ketones is 1. The third kappa shape index (κ3) is 3.95. The summed E-state index contributed by atoms with van der Waals surface area (Å²) in [7, 11) is 2.80. The molecule has 12 heteroatoms. The first-order valence-corrected chi connectivity index (χ1v) is 12.3. The molecule has 0 spiro atoms. The number of carbonyl (C=O) groups is 2. The van der Waals surface area contributed by atoms with E-state index in [1.807, 2.05) is 0 Å². The topological polar surface area (TPSA) is 184 Å². The number of aromatic hydroxyl groups is 1. The van der Waals surface area contributed by atoms with Crippen molar-refractivity contribution in [2.75, 3.05) is 20.8 Å². The lowest BCUT2D eigenvalue weighted by molar-refractivity contribution is -0.277. The molecule has 1 heterocycles. The number of rotatable bonds is 6. The van der Waals surface area contributed by atoms with Gasteiger partial charge in [0.1, 0.15) is 24.4 Å². The fourth-order valence-electron chi connectivity index (χ4n) is 5.99. The number of phenolic OH excluding ortho intramolecular Hbond substituents is 1. The summed E-state index contributed by atoms with van der Waals surface area (Å²) in [6, 6.07) is 1.13. The van der Waals surface area contributed by atoms with Crippen LogP contribution in [-0.2, 0) is 25.5 Å². The van der Waals surface area contributed by atoms with Crippen LogP contribution < -0.4 is 14.8 Å². The number of phenols is 1. The molecular formula is C26H31NO11. The molecule has 0 saturated carbocycles. The predicted octanol–water partition coefficient (Wildman–Crippen LogP) is -0.857. The number of methoxy groups -OCH3 is 2. The maximum Gasteiger partial charge on any atom is 0.229 e. The van der Waals surface area contributed by atoms with Gasteiger partial charge in [0.25, 0.3) is 0 Å². The summed E-state index contributed by atoms with van der Waals surface area (Å²) in [5.41, 5.74) is 2.78. The third-order valence-electron chi connectivity index (χ3n) is 7.74. The molecule has 1 aliphatic heterocycles. The van der Waals surface area contributed by atoms with E-state index in [9.17, 15) is 35.1 Å². The molecule has 1 fully saturated rings. The first-order valence-electron chi connectivity index (χ1n) is 12.3. The number of hydrogen-bond acceptors (Lipinski definition) is 11. The zero-order chi connectivity index (χ0) is 27.5. The Morgan fingerprint density at radius 2 is 1.89 bits per heavy atom. The predicted molar refractivity (Wildman–Crippen MR) is 129 cm³/mol. The van der Waals surface area contributed by atoms with Gasteiger partial charge < -0.3 is 49.8 Å². The van der Waals surface area contributed by atoms with Crippen LogP contribution in [-0.4, -0.2) is 94.8 Å². The number of allylic oxidation sites excluding steroid dienone is 3. The maximum absolute atomic E-state index is 13.0. The third-order valence-corrected chi connectivity index (χ3v) is 7.74. The van der Waals surface area contributed by atoms with Crippen molar-refractivity contribution in [2.24, 2.45) is 11.8 Å². The molecule has 1 aromatic rings. The molecule has 38 heavy (non-hydrogen) atoms. The Labute approximate surface area is 218 Å². The molecule has 1 saturated heterocycles. The summed E-state index contributed by atoms with van der Waals surface area (Å²) in [5.74, 6) is -1.44. The molecule has 8 atom stereocenters. The minimum Gasteiger partial charge on any atom is -0.502 e. The number of benzene rings is 1. The number of fused-ring (bicyclic) bond motifs is 5. The first kappa shape index (κ1) is 26.4. The first-order chi connectivity index (χ1) is 18.1. The second-order valence-corrected chi connectivity index (χ2v) is 9.87. The van der Waals surface area contributed by atoms with Gasteiger partial charge in [-0.3, -0.25) is 9.59 Å². The zero-order valence-corrected chi connectivity index (χ0v) is 21.1. The van der Waals surface area contributed by atoms with Crippen LogP contribution in [0.4, 0.5) is 0 Å². The Hall–Kier alpha value is -3.16. The molecule has 206 valence electrons. The van der Waals surface area contributed by atoms with Gasteiger partial charge in [-0.1, -0.05) is 0 Å². The van der Waals surface area contributed by atoms with Crippen LogP contribution in [0.1, 0.15) is 24.5 Å². The lowest BCUT2D eigenvalue weighted by Gasteiger charge is -2.40. The number of carbonyl (C=O) groups excluding carboxylic acids is 2. The molecule has 5 rings (SSSR count). The Bertz CT molecular complexity index is 1220. The van der Waals surface area contributed by atoms with Crippen LogP contribution in [0.15, 0.2) is 23.5 Å². The Morgan fingerprint density at radius 1 is 1.16 bits per heavy atom. The van der Waals surface area contributed by atoms with Crippen molar-refractivity contribution in [1.82, 2.24) is 5.32 Å². The van der Waals surface area contributed by atoms with Gasteiger partial charge in [0.15, 0.2) is 17.3 Å². The van der Waals surface area contributed by atoms with Gasteiger partial charge in [-0.25, -0.2) is 0 Å². The number of aliphatic hydroxyl groups is 4. The highest BCUT2D eigenvalue weighted by Gasteiger charge is 2.54. The lowest BCUT2D eigenvalue weighted by Crippen LogP contribution is -2.60. The highest BCUT2D eigenvalue weighted by molar-refractivity contribution is 6.08. The largest absolute Gasteiger partial charge is 0.502 e. The van der Waals surface area contributed by atoms with Crippen molar-refractivity contribution >= 4 is 17.3 Å². The van der Waals surface area contributed by atoms with Crippen LogP contribution in [0.3, 0.4) is 0 Å². The minimum absolute atomic E-state index is 0.0724. The maximum atomic E-state index is 13.0. The Morgan fingerprint density at radius 3 is 2.53 bits per heavy atom. The highest BCUT2D eigenvalue weighted by atomic mass is 16.7. The number of ether oxygens (including phenoxy) is 4. The smallest absolute Gasteiger partial charge is 0.229 e. The van der Waals surface area contributed by atoms with E-state index in [4.69, 9.17) is 18.9 Å². The van der Waals surface area contributed by atoms with Gasteiger partial charge in [0.2, 0.25) is 23.7 Å². The summed E-state index contributed by atoms with van der Waals surface area (Å²) in [6.07, 6.45) is -4.99. The summed E-state index contributed by atoms with van der Waals surface area (Å²) in [5, 5.41) is 54.2. The molecule has 4 aliphatic rings. The summed E-state index contributed by atoms with van der Waals surface area (Å²) < 4.78 is 22.1. The second-order valence-electron chi connectivity index (χ2n) is 9.87. The molecule has 1 aromatic carbocycles. The van der Waals surface area contributed by atoms with Gasteiger partial charge in [-0.15, -0.1) is 0 Å². The van der Waals surface area contributed by atoms with Gasteiger partial charge in [-0.05, 0) is 41.7 Å². The molecule has 0 unspecified atom stereocenters. The molecule has 3 aliphatic carbocycles. The van der Waals surface area contributed by atoms with Crippen molar-refractivity contribution in [3.05, 3.63) is 34.6 Å². The standard InChI is InChI=1S/C26H31NO11/c1-9(29)27-12-5-4-10-6-14(37-26-24(34)23(33)21(31)15(8-28)38-26)22(32)25(36-3)16(10)17-11-7-13(35-2)20(30)18(11)19(12)17/h6-7,11-12,15,18,21,23-24,26,28,31-34H,4-5,8H2,1-3H3,(H,27,29)/t11-,12+,15-,18-,21-,23+,24-,26-/m1/s1. The van der Waals surface area contributed by atoms with E-state index in [-0.39, 0.29) is 34.9 Å². The van der Waals surface area contributed by atoms with E-state index >= 15 is 0 Å². The SMILES string of the molecule is COC1=C[C@@H]2C3=C([C@@H]2C1=O)[C@@H](NC(C)=O)CCc1cc(O[C@@H]2O[C@H](CO)[C@@H](O)[C@H](O)[C@H]2O)c(O)c(OC)c13. The van der Waals surface area contributed by atoms with Crippen molar-refractivity contribution < 1.29 is 54.1 Å². The number of amides is 1. The number of nitrogens with one attached hydrogen (secondary N) is 1. The number of aliphatic hydroxyl groups excluding tert-OH is 4. The minimum atomic E-state index is -1.68. The van der Waals surface area contributed by atoms with Crippen molar-refractivity contribution in [3.63, 3.8) is 0 Å². The van der Waals surface area contributed by atoms with Gasteiger partial charge in [0, 0.05) is 18.4 Å². The van der Waals surface area contributed by atoms with E-state index < -0.39 is 55.0 Å². The molecule has 0 aromatic heterocycles. The average Bonchev–Trinajstić information content (AvgIpc) is 3.07. The van der Waals surface area contributed by atoms with E-state index in [2.05, 4.69) is 5.32 Å². The molecule has 0 bridgehead atoms. The lowest BCUT2D eigenvalue weighted by atomic mass is 9.64. The summed E-state index contributed by atoms with van der Waals surface area (Å²) in [4.78, 5) is 25.0. The quantitative estimate of drug-likeness (QED) is 0.267. The van der Waals surface area contributed by atoms with E-state index in [1.54, 1.807) is 12.1 Å². The van der Waals surface area contributed by atoms with Gasteiger partial charge in [-0.2, -0.15) is 0 Å². The second kappa shape index (κ2) is 9.86. The van der Waals surface area contributed by atoms with Crippen molar-refractivity contribution in [3.8, 4) is 17.2 Å². The van der Waals surface area contributed by atoms with Gasteiger partial charge >= 0.3 is 0 Å². The van der Waals surface area contributed by atoms with Crippen molar-refractivity contribution in [2.45, 2.75) is 56.5 Å². The van der Waals surface area contributed by atoms with Crippen LogP contribution in [0.25, 0.3) is 5.57 Å². The zero-order valence-electron chi connectivity index (χ0n) is 21.1. The summed E-state index contributed by atoms with van der Waals surface area (Å²) in [6.45, 7) is 0.770. The van der Waals surface area contributed by atoms with Gasteiger partial charge in [0.05, 0.1) is 32.8 Å². The van der Waals surface area contributed by atoms with Crippen LogP contribution in [0.2, 0.25) is 0 Å². The molecule has 0 radical (unpaired) electrons. The number of hydrogen-bond donors (Lipinski definition) is 6. The fourth-order valence-corrected chi connectivity index (χ4v) is 5.99. The Kier molecular flexibility index (Phi) is 6.86. The normalized spacial score (nSPS) is 33.8. The molecule has 6 N–H and O–H groups in total. The van der Waals surface area contributed by atoms with Crippen LogP contribution in [0.5, 0.6) is 17.2 Å². The highest BCUT2D eigenvalue weighted by Crippen LogP contribution is 2.59. The van der Waals surface area contributed by atoms with Crippen LogP contribution >= 0.6 is 0 Å². The fraction of sp³-hybridized carbons (Fsp3) is 0.538. The van der Waals surface area contributed by atoms with Crippen molar-refractivity contribution in [1.29, 1.82) is 0 Å². The number of Topliss-reactive ketones (excluding diaryl/α,β-unsaturated/α-hetero) is 1. The van der Waals surface area contributed by atoms with E-state index in [1.165, 1.54) is 21.1 Å². The Balaban J connectivity index is 1.58. The monoisotopic (exact) mass is 533 g/mol. The average molecular weight is 534 g/mol. The summed E-state index contributed by atoms with van der Waals surface area (Å²) >= 11 is 0.